The number of nitrogens with zero attached hydrogens (tertiary/aromatic N) is 1. The van der Waals surface area contributed by atoms with Crippen LogP contribution in [0.2, 0.25) is 0 Å². The molecule has 82 valence electrons. The zero-order valence-electron chi connectivity index (χ0n) is 8.27. The molecule has 0 amide bonds. The summed E-state index contributed by atoms with van der Waals surface area (Å²) in [5.74, 6) is 3.40. The summed E-state index contributed by atoms with van der Waals surface area (Å²) in [7, 11) is 0. The zero-order chi connectivity index (χ0) is 11.1. The molecule has 0 spiro atoms. The van der Waals surface area contributed by atoms with Crippen molar-refractivity contribution >= 4 is 11.6 Å². The van der Waals surface area contributed by atoms with Gasteiger partial charge in [0.1, 0.15) is 0 Å². The van der Waals surface area contributed by atoms with E-state index in [1.807, 2.05) is 6.92 Å². The summed E-state index contributed by atoms with van der Waals surface area (Å²) < 4.78 is 26.3. The lowest BCUT2D eigenvalue weighted by Gasteiger charge is -2.14. The maximum Gasteiger partial charge on any atom is 0.178 e. The van der Waals surface area contributed by atoms with Gasteiger partial charge < -0.3 is 10.7 Å². The summed E-state index contributed by atoms with van der Waals surface area (Å²) in [6, 6.07) is 0.760. The number of nitrogens with two attached hydrogens (primary N) is 1. The van der Waals surface area contributed by atoms with Crippen LogP contribution in [0.1, 0.15) is 19.8 Å². The Kier molecular flexibility index (Phi) is 2.22. The van der Waals surface area contributed by atoms with Crippen molar-refractivity contribution in [3.8, 4) is 0 Å². The molecule has 1 fully saturated rings. The highest BCUT2D eigenvalue weighted by molar-refractivity contribution is 5.49. The number of anilines is 2. The van der Waals surface area contributed by atoms with E-state index >= 15 is 0 Å². The molecule has 4 nitrogen and oxygen atoms in total. The first kappa shape index (κ1) is 10.1. The summed E-state index contributed by atoms with van der Waals surface area (Å²) in [5.41, 5.74) is 1.96. The Balaban J connectivity index is 2.29. The SMILES string of the molecule is CC1(Nc2nc(NN)c(F)cc2F)CC1. The molecule has 1 heterocycles. The largest absolute Gasteiger partial charge is 0.362 e. The number of hydrogen-bond donors (Lipinski definition) is 3. The van der Waals surface area contributed by atoms with E-state index in [9.17, 15) is 8.78 Å². The molecular weight excluding hydrogens is 202 g/mol. The fraction of sp³-hybridized carbons (Fsp3) is 0.444. The maximum absolute atomic E-state index is 13.3. The van der Waals surface area contributed by atoms with Gasteiger partial charge in [-0.3, -0.25) is 0 Å². The molecule has 0 saturated heterocycles. The molecule has 6 heteroatoms. The first-order valence-corrected chi connectivity index (χ1v) is 4.65. The lowest BCUT2D eigenvalue weighted by Crippen LogP contribution is -2.20. The molecule has 0 aromatic carbocycles. The number of rotatable bonds is 3. The lowest BCUT2D eigenvalue weighted by molar-refractivity contribution is 0.575. The average molecular weight is 214 g/mol. The van der Waals surface area contributed by atoms with Crippen LogP contribution >= 0.6 is 0 Å². The predicted octanol–water partition coefficient (Wildman–Crippen LogP) is 1.61. The number of halogens is 2. The minimum absolute atomic E-state index is 0.0318. The van der Waals surface area contributed by atoms with Crippen molar-refractivity contribution < 1.29 is 8.78 Å². The molecule has 1 aromatic heterocycles. The Morgan fingerprint density at radius 3 is 2.47 bits per heavy atom. The highest BCUT2D eigenvalue weighted by atomic mass is 19.1. The topological polar surface area (TPSA) is 63.0 Å². The van der Waals surface area contributed by atoms with E-state index in [2.05, 4.69) is 15.7 Å². The Labute approximate surface area is 85.8 Å². The molecule has 0 radical (unpaired) electrons. The second kappa shape index (κ2) is 3.30. The normalized spacial score (nSPS) is 17.3. The van der Waals surface area contributed by atoms with Crippen LogP contribution in [0.3, 0.4) is 0 Å². The molecular formula is C9H12F2N4. The minimum Gasteiger partial charge on any atom is -0.362 e. The molecule has 1 aliphatic carbocycles. The number of aromatic nitrogens is 1. The third kappa shape index (κ3) is 1.99. The number of hydrazine groups is 1. The number of hydrogen-bond acceptors (Lipinski definition) is 4. The van der Waals surface area contributed by atoms with Gasteiger partial charge in [-0.2, -0.15) is 0 Å². The van der Waals surface area contributed by atoms with E-state index < -0.39 is 11.6 Å². The first-order chi connectivity index (χ1) is 7.04. The van der Waals surface area contributed by atoms with E-state index in [1.54, 1.807) is 0 Å². The van der Waals surface area contributed by atoms with E-state index in [0.29, 0.717) is 0 Å². The standard InChI is InChI=1S/C9H12F2N4/c1-9(2-3-9)14-7-5(10)4-6(11)8(13-7)15-12/h4H,2-3,12H2,1H3,(H2,13,14,15). The van der Waals surface area contributed by atoms with Gasteiger partial charge in [-0.05, 0) is 19.8 Å². The highest BCUT2D eigenvalue weighted by Crippen LogP contribution is 2.38. The summed E-state index contributed by atoms with van der Waals surface area (Å²) in [6.45, 7) is 1.95. The van der Waals surface area contributed by atoms with Gasteiger partial charge in [0.15, 0.2) is 23.3 Å². The van der Waals surface area contributed by atoms with Crippen molar-refractivity contribution in [2.24, 2.45) is 5.84 Å². The molecule has 0 unspecified atom stereocenters. The van der Waals surface area contributed by atoms with Gasteiger partial charge in [-0.25, -0.2) is 19.6 Å². The molecule has 0 aliphatic heterocycles. The Morgan fingerprint density at radius 2 is 1.93 bits per heavy atom. The Hall–Kier alpha value is -1.43. The van der Waals surface area contributed by atoms with E-state index in [-0.39, 0.29) is 17.2 Å². The van der Waals surface area contributed by atoms with Gasteiger partial charge in [-0.1, -0.05) is 0 Å². The van der Waals surface area contributed by atoms with E-state index in [0.717, 1.165) is 18.9 Å². The van der Waals surface area contributed by atoms with Crippen molar-refractivity contribution in [3.63, 3.8) is 0 Å². The van der Waals surface area contributed by atoms with Crippen LogP contribution < -0.4 is 16.6 Å². The molecule has 2 rings (SSSR count). The third-order valence-corrected chi connectivity index (χ3v) is 2.49. The van der Waals surface area contributed by atoms with Crippen LogP contribution in [0.4, 0.5) is 20.4 Å². The molecule has 4 N–H and O–H groups in total. The molecule has 1 aromatic rings. The van der Waals surface area contributed by atoms with Crippen LogP contribution in [0.25, 0.3) is 0 Å². The second-order valence-electron chi connectivity index (χ2n) is 3.98. The van der Waals surface area contributed by atoms with E-state index in [4.69, 9.17) is 5.84 Å². The summed E-state index contributed by atoms with van der Waals surface area (Å²) >= 11 is 0. The average Bonchev–Trinajstić information content (AvgIpc) is 2.89. The van der Waals surface area contributed by atoms with Crippen LogP contribution in [0.5, 0.6) is 0 Å². The third-order valence-electron chi connectivity index (χ3n) is 2.49. The number of pyridine rings is 1. The van der Waals surface area contributed by atoms with Crippen molar-refractivity contribution in [3.05, 3.63) is 17.7 Å². The fourth-order valence-corrected chi connectivity index (χ4v) is 1.25. The summed E-state index contributed by atoms with van der Waals surface area (Å²) in [5, 5.41) is 2.91. The van der Waals surface area contributed by atoms with Crippen molar-refractivity contribution in [2.75, 3.05) is 10.7 Å². The number of nitrogens with one attached hydrogen (secondary N) is 2. The predicted molar refractivity (Wildman–Crippen MR) is 53.2 cm³/mol. The fourth-order valence-electron chi connectivity index (χ4n) is 1.25. The summed E-state index contributed by atoms with van der Waals surface area (Å²) in [6.07, 6.45) is 1.91. The van der Waals surface area contributed by atoms with Gasteiger partial charge in [0.2, 0.25) is 0 Å². The number of nitrogen functional groups attached to an aromatic ring is 1. The van der Waals surface area contributed by atoms with Gasteiger partial charge >= 0.3 is 0 Å². The molecule has 1 saturated carbocycles. The molecule has 15 heavy (non-hydrogen) atoms. The quantitative estimate of drug-likeness (QED) is 0.528. The first-order valence-electron chi connectivity index (χ1n) is 4.65. The van der Waals surface area contributed by atoms with Crippen molar-refractivity contribution in [1.82, 2.24) is 4.98 Å². The lowest BCUT2D eigenvalue weighted by atomic mass is 10.3. The molecule has 1 aliphatic rings. The Bertz CT molecular complexity index is 390. The van der Waals surface area contributed by atoms with Crippen LogP contribution in [-0.2, 0) is 0 Å². The van der Waals surface area contributed by atoms with Crippen molar-refractivity contribution in [2.45, 2.75) is 25.3 Å². The highest BCUT2D eigenvalue weighted by Gasteiger charge is 2.38. The van der Waals surface area contributed by atoms with Crippen LogP contribution in [0, 0.1) is 11.6 Å². The van der Waals surface area contributed by atoms with Crippen molar-refractivity contribution in [1.29, 1.82) is 0 Å². The van der Waals surface area contributed by atoms with E-state index in [1.165, 1.54) is 0 Å². The van der Waals surface area contributed by atoms with Gasteiger partial charge in [0.05, 0.1) is 0 Å². The van der Waals surface area contributed by atoms with Gasteiger partial charge in [0.25, 0.3) is 0 Å². The molecule has 0 atom stereocenters. The maximum atomic E-state index is 13.3. The van der Waals surface area contributed by atoms with Crippen LogP contribution in [-0.4, -0.2) is 10.5 Å². The Morgan fingerprint density at radius 1 is 1.33 bits per heavy atom. The van der Waals surface area contributed by atoms with Crippen LogP contribution in [0.15, 0.2) is 6.07 Å². The zero-order valence-corrected chi connectivity index (χ0v) is 8.27. The monoisotopic (exact) mass is 214 g/mol. The van der Waals surface area contributed by atoms with Gasteiger partial charge in [0, 0.05) is 11.6 Å². The second-order valence-corrected chi connectivity index (χ2v) is 3.98. The summed E-state index contributed by atoms with van der Waals surface area (Å²) in [4.78, 5) is 3.72. The van der Waals surface area contributed by atoms with Gasteiger partial charge in [-0.15, -0.1) is 0 Å². The smallest absolute Gasteiger partial charge is 0.178 e. The molecule has 0 bridgehead atoms. The minimum atomic E-state index is -0.804.